The number of para-hydroxylation sites is 3. The summed E-state index contributed by atoms with van der Waals surface area (Å²) in [7, 11) is 1.62. The first kappa shape index (κ1) is 18.1. The first-order valence-corrected chi connectivity index (χ1v) is 9.63. The van der Waals surface area contributed by atoms with Crippen LogP contribution in [0.1, 0.15) is 15.9 Å². The lowest BCUT2D eigenvalue weighted by molar-refractivity contribution is 0.104. The van der Waals surface area contributed by atoms with E-state index in [9.17, 15) is 4.79 Å². The summed E-state index contributed by atoms with van der Waals surface area (Å²) in [5.74, 6) is 0.656. The Labute approximate surface area is 167 Å². The highest BCUT2D eigenvalue weighted by atomic mass is 32.2. The molecule has 1 heterocycles. The van der Waals surface area contributed by atoms with Gasteiger partial charge >= 0.3 is 0 Å². The van der Waals surface area contributed by atoms with Gasteiger partial charge in [-0.05, 0) is 36.0 Å². The van der Waals surface area contributed by atoms with Gasteiger partial charge in [-0.15, -0.1) is 0 Å². The Bertz CT molecular complexity index is 1120. The number of aromatic amines is 1. The SMILES string of the molecule is COc1ccccc1/C=C(\Sc1nc2ccccc2[nH]1)C(=O)c1ccccc1. The van der Waals surface area contributed by atoms with Crippen LogP contribution in [0.2, 0.25) is 0 Å². The number of imidazole rings is 1. The van der Waals surface area contributed by atoms with Crippen molar-refractivity contribution in [2.75, 3.05) is 7.11 Å². The summed E-state index contributed by atoms with van der Waals surface area (Å²) in [6.45, 7) is 0. The van der Waals surface area contributed by atoms with E-state index in [1.54, 1.807) is 7.11 Å². The van der Waals surface area contributed by atoms with Crippen LogP contribution < -0.4 is 4.74 Å². The molecular weight excluding hydrogens is 368 g/mol. The third kappa shape index (κ3) is 3.85. The summed E-state index contributed by atoms with van der Waals surface area (Å²) in [6, 6.07) is 24.7. The van der Waals surface area contributed by atoms with Crippen LogP contribution in [0.3, 0.4) is 0 Å². The van der Waals surface area contributed by atoms with Gasteiger partial charge in [0.05, 0.1) is 23.0 Å². The molecule has 0 atom stereocenters. The molecule has 0 aliphatic carbocycles. The lowest BCUT2D eigenvalue weighted by Crippen LogP contribution is -2.01. The van der Waals surface area contributed by atoms with Gasteiger partial charge in [0, 0.05) is 11.1 Å². The zero-order chi connectivity index (χ0) is 19.3. The van der Waals surface area contributed by atoms with E-state index in [1.807, 2.05) is 84.9 Å². The lowest BCUT2D eigenvalue weighted by Gasteiger charge is -2.08. The van der Waals surface area contributed by atoms with Crippen molar-refractivity contribution in [1.82, 2.24) is 9.97 Å². The maximum absolute atomic E-state index is 13.2. The van der Waals surface area contributed by atoms with E-state index in [-0.39, 0.29) is 5.78 Å². The maximum Gasteiger partial charge on any atom is 0.199 e. The van der Waals surface area contributed by atoms with Crippen LogP contribution in [0.5, 0.6) is 5.75 Å². The van der Waals surface area contributed by atoms with Crippen molar-refractivity contribution in [2.45, 2.75) is 5.16 Å². The molecule has 4 aromatic rings. The van der Waals surface area contributed by atoms with Gasteiger partial charge in [-0.1, -0.05) is 60.7 Å². The number of thioether (sulfide) groups is 1. The van der Waals surface area contributed by atoms with Crippen LogP contribution in [0.15, 0.2) is 88.9 Å². The quantitative estimate of drug-likeness (QED) is 0.267. The molecule has 4 rings (SSSR count). The monoisotopic (exact) mass is 386 g/mol. The molecule has 28 heavy (non-hydrogen) atoms. The largest absolute Gasteiger partial charge is 0.496 e. The predicted molar refractivity (Wildman–Crippen MR) is 114 cm³/mol. The average Bonchev–Trinajstić information content (AvgIpc) is 3.16. The Hall–Kier alpha value is -3.31. The number of carbonyl (C=O) groups excluding carboxylic acids is 1. The second kappa shape index (κ2) is 8.15. The first-order valence-electron chi connectivity index (χ1n) is 8.81. The highest BCUT2D eigenvalue weighted by Crippen LogP contribution is 2.32. The fourth-order valence-corrected chi connectivity index (χ4v) is 3.79. The predicted octanol–water partition coefficient (Wildman–Crippen LogP) is 5.59. The van der Waals surface area contributed by atoms with Gasteiger partial charge in [-0.25, -0.2) is 4.98 Å². The number of allylic oxidation sites excluding steroid dienone is 1. The van der Waals surface area contributed by atoms with Gasteiger partial charge < -0.3 is 9.72 Å². The second-order valence-electron chi connectivity index (χ2n) is 6.11. The molecule has 0 saturated heterocycles. The van der Waals surface area contributed by atoms with Crippen molar-refractivity contribution < 1.29 is 9.53 Å². The Morgan fingerprint density at radius 3 is 2.46 bits per heavy atom. The standard InChI is InChI=1S/C23H18N2O2S/c1-27-20-14-8-5-11-17(20)15-21(22(26)16-9-3-2-4-10-16)28-23-24-18-12-6-7-13-19(18)25-23/h2-15H,1H3,(H,24,25)/b21-15-. The van der Waals surface area contributed by atoms with Gasteiger partial charge in [0.25, 0.3) is 0 Å². The van der Waals surface area contributed by atoms with E-state index >= 15 is 0 Å². The number of methoxy groups -OCH3 is 1. The Balaban J connectivity index is 1.76. The summed E-state index contributed by atoms with van der Waals surface area (Å²) in [6.07, 6.45) is 1.85. The van der Waals surface area contributed by atoms with E-state index in [4.69, 9.17) is 4.74 Å². The Morgan fingerprint density at radius 1 is 0.964 bits per heavy atom. The molecule has 1 N–H and O–H groups in total. The van der Waals surface area contributed by atoms with Crippen molar-refractivity contribution in [3.8, 4) is 5.75 Å². The number of nitrogens with one attached hydrogen (secondary N) is 1. The van der Waals surface area contributed by atoms with Crippen LogP contribution >= 0.6 is 11.8 Å². The average molecular weight is 386 g/mol. The summed E-state index contributed by atoms with van der Waals surface area (Å²) in [5, 5.41) is 0.673. The zero-order valence-corrected chi connectivity index (χ0v) is 16.1. The number of hydrogen-bond acceptors (Lipinski definition) is 4. The number of rotatable bonds is 6. The van der Waals surface area contributed by atoms with E-state index in [0.717, 1.165) is 16.6 Å². The van der Waals surface area contributed by atoms with Gasteiger partial charge in [0.1, 0.15) is 5.75 Å². The molecule has 138 valence electrons. The van der Waals surface area contributed by atoms with Gasteiger partial charge in [0.15, 0.2) is 10.9 Å². The number of aromatic nitrogens is 2. The minimum absolute atomic E-state index is 0.0584. The number of Topliss-reactive ketones (excluding diaryl/α,β-unsaturated/α-hetero) is 1. The van der Waals surface area contributed by atoms with E-state index in [1.165, 1.54) is 11.8 Å². The third-order valence-corrected chi connectivity index (χ3v) is 5.17. The number of ketones is 1. The highest BCUT2D eigenvalue weighted by molar-refractivity contribution is 8.04. The summed E-state index contributed by atoms with van der Waals surface area (Å²) < 4.78 is 5.44. The van der Waals surface area contributed by atoms with Crippen LogP contribution in [0.25, 0.3) is 17.1 Å². The van der Waals surface area contributed by atoms with E-state index in [0.29, 0.717) is 21.4 Å². The lowest BCUT2D eigenvalue weighted by atomic mass is 10.1. The number of fused-ring (bicyclic) bond motifs is 1. The highest BCUT2D eigenvalue weighted by Gasteiger charge is 2.17. The number of carbonyl (C=O) groups is 1. The molecule has 0 aliphatic rings. The van der Waals surface area contributed by atoms with Crippen molar-refractivity contribution >= 4 is 34.7 Å². The minimum Gasteiger partial charge on any atom is -0.496 e. The van der Waals surface area contributed by atoms with Crippen LogP contribution in [-0.4, -0.2) is 22.9 Å². The fraction of sp³-hybridized carbons (Fsp3) is 0.0435. The number of nitrogens with zero attached hydrogens (tertiary/aromatic N) is 1. The summed E-state index contributed by atoms with van der Waals surface area (Å²) >= 11 is 1.32. The minimum atomic E-state index is -0.0584. The molecule has 0 amide bonds. The molecule has 0 radical (unpaired) electrons. The molecule has 5 heteroatoms. The Morgan fingerprint density at radius 2 is 1.68 bits per heavy atom. The first-order chi connectivity index (χ1) is 13.7. The van der Waals surface area contributed by atoms with E-state index in [2.05, 4.69) is 9.97 Å². The number of hydrogen-bond donors (Lipinski definition) is 1. The molecule has 0 fully saturated rings. The summed E-state index contributed by atoms with van der Waals surface area (Å²) in [5.41, 5.74) is 3.28. The fourth-order valence-electron chi connectivity index (χ4n) is 2.88. The number of ether oxygens (including phenoxy) is 1. The molecule has 0 saturated carbocycles. The van der Waals surface area contributed by atoms with Crippen LogP contribution in [0, 0.1) is 0 Å². The summed E-state index contributed by atoms with van der Waals surface area (Å²) in [4.78, 5) is 21.6. The van der Waals surface area contributed by atoms with Crippen molar-refractivity contribution in [2.24, 2.45) is 0 Å². The van der Waals surface area contributed by atoms with Crippen molar-refractivity contribution in [3.63, 3.8) is 0 Å². The Kier molecular flexibility index (Phi) is 5.26. The van der Waals surface area contributed by atoms with Crippen LogP contribution in [-0.2, 0) is 0 Å². The molecule has 0 bridgehead atoms. The maximum atomic E-state index is 13.2. The third-order valence-electron chi connectivity index (χ3n) is 4.26. The van der Waals surface area contributed by atoms with Crippen molar-refractivity contribution in [1.29, 1.82) is 0 Å². The zero-order valence-electron chi connectivity index (χ0n) is 15.3. The molecule has 0 aliphatic heterocycles. The molecule has 1 aromatic heterocycles. The second-order valence-corrected chi connectivity index (χ2v) is 7.14. The topological polar surface area (TPSA) is 55.0 Å². The molecule has 0 spiro atoms. The number of H-pyrrole nitrogens is 1. The molecular formula is C23H18N2O2S. The van der Waals surface area contributed by atoms with Gasteiger partial charge in [0.2, 0.25) is 0 Å². The number of benzene rings is 3. The van der Waals surface area contributed by atoms with Crippen molar-refractivity contribution in [3.05, 3.63) is 94.9 Å². The molecule has 0 unspecified atom stereocenters. The smallest absolute Gasteiger partial charge is 0.199 e. The van der Waals surface area contributed by atoms with Crippen LogP contribution in [0.4, 0.5) is 0 Å². The van der Waals surface area contributed by atoms with Gasteiger partial charge in [-0.2, -0.15) is 0 Å². The van der Waals surface area contributed by atoms with E-state index < -0.39 is 0 Å². The van der Waals surface area contributed by atoms with Gasteiger partial charge in [-0.3, -0.25) is 4.79 Å². The molecule has 3 aromatic carbocycles. The normalized spacial score (nSPS) is 11.5. The molecule has 4 nitrogen and oxygen atoms in total.